The summed E-state index contributed by atoms with van der Waals surface area (Å²) >= 11 is 0. The lowest BCUT2D eigenvalue weighted by Crippen LogP contribution is -2.51. The minimum atomic E-state index is -0.390. The molecule has 0 bridgehead atoms. The average Bonchev–Trinajstić information content (AvgIpc) is 2.57. The molecule has 1 saturated carbocycles. The van der Waals surface area contributed by atoms with Crippen LogP contribution in [-0.4, -0.2) is 42.6 Å². The number of carbonyl (C=O) groups excluding carboxylic acids is 1. The predicted octanol–water partition coefficient (Wildman–Crippen LogP) is 3.21. The van der Waals surface area contributed by atoms with Crippen LogP contribution in [0.1, 0.15) is 38.2 Å². The number of benzene rings is 1. The fourth-order valence-corrected chi connectivity index (χ4v) is 3.73. The second-order valence-electron chi connectivity index (χ2n) is 7.38. The Morgan fingerprint density at radius 2 is 1.88 bits per heavy atom. The van der Waals surface area contributed by atoms with Gasteiger partial charge in [-0.05, 0) is 37.5 Å². The lowest BCUT2D eigenvalue weighted by atomic mass is 9.74. The Morgan fingerprint density at radius 1 is 1.23 bits per heavy atom. The Kier molecular flexibility index (Phi) is 9.34. The molecule has 1 aromatic rings. The molecule has 0 spiro atoms. The van der Waals surface area contributed by atoms with E-state index in [-0.39, 0.29) is 36.6 Å². The third-order valence-corrected chi connectivity index (χ3v) is 5.30. The molecule has 1 saturated heterocycles. The molecule has 148 valence electrons. The highest BCUT2D eigenvalue weighted by molar-refractivity contribution is 5.93. The van der Waals surface area contributed by atoms with Crippen molar-refractivity contribution in [3.8, 4) is 0 Å². The standard InChI is InChI=1S/C19H29N3O2.2ClH/c1-19(20)9-3-2-4-17(19)18(23)21-16-7-5-15(6-8-16)14-22-10-12-24-13-11-22;;/h5-8,17H,2-4,9-14,20H2,1H3,(H,21,23);2*1H. The lowest BCUT2D eigenvalue weighted by molar-refractivity contribution is -0.122. The van der Waals surface area contributed by atoms with Gasteiger partial charge < -0.3 is 15.8 Å². The molecule has 1 aliphatic heterocycles. The summed E-state index contributed by atoms with van der Waals surface area (Å²) in [4.78, 5) is 15.0. The fourth-order valence-electron chi connectivity index (χ4n) is 3.73. The molecule has 3 N–H and O–H groups in total. The van der Waals surface area contributed by atoms with Gasteiger partial charge in [0, 0.05) is 30.9 Å². The minimum absolute atomic E-state index is 0. The molecule has 26 heavy (non-hydrogen) atoms. The molecular formula is C19H31Cl2N3O2. The highest BCUT2D eigenvalue weighted by atomic mass is 35.5. The zero-order valence-electron chi connectivity index (χ0n) is 15.4. The summed E-state index contributed by atoms with van der Waals surface area (Å²) in [6.45, 7) is 6.52. The van der Waals surface area contributed by atoms with Crippen molar-refractivity contribution < 1.29 is 9.53 Å². The van der Waals surface area contributed by atoms with E-state index in [1.165, 1.54) is 5.56 Å². The van der Waals surface area contributed by atoms with Gasteiger partial charge >= 0.3 is 0 Å². The number of carbonyl (C=O) groups is 1. The van der Waals surface area contributed by atoms with E-state index >= 15 is 0 Å². The van der Waals surface area contributed by atoms with E-state index in [0.717, 1.165) is 64.2 Å². The van der Waals surface area contributed by atoms with E-state index in [1.54, 1.807) is 0 Å². The zero-order valence-corrected chi connectivity index (χ0v) is 17.0. The van der Waals surface area contributed by atoms with E-state index < -0.39 is 5.54 Å². The van der Waals surface area contributed by atoms with Crippen LogP contribution >= 0.6 is 24.8 Å². The Hall–Kier alpha value is -0.850. The molecule has 2 atom stereocenters. The van der Waals surface area contributed by atoms with Crippen LogP contribution in [0.25, 0.3) is 0 Å². The number of amides is 1. The van der Waals surface area contributed by atoms with Gasteiger partial charge in [-0.15, -0.1) is 24.8 Å². The normalized spacial score (nSPS) is 26.3. The molecule has 1 aromatic carbocycles. The van der Waals surface area contributed by atoms with Gasteiger partial charge in [-0.25, -0.2) is 0 Å². The first-order valence-electron chi connectivity index (χ1n) is 9.03. The third-order valence-electron chi connectivity index (χ3n) is 5.30. The van der Waals surface area contributed by atoms with Gasteiger partial charge in [-0.2, -0.15) is 0 Å². The van der Waals surface area contributed by atoms with Crippen LogP contribution in [0, 0.1) is 5.92 Å². The highest BCUT2D eigenvalue weighted by Gasteiger charge is 2.37. The Bertz CT molecular complexity index is 560. The quantitative estimate of drug-likeness (QED) is 0.809. The molecule has 7 heteroatoms. The second-order valence-corrected chi connectivity index (χ2v) is 7.38. The molecule has 1 heterocycles. The number of nitrogens with zero attached hydrogens (tertiary/aromatic N) is 1. The summed E-state index contributed by atoms with van der Waals surface area (Å²) in [7, 11) is 0. The first-order valence-corrected chi connectivity index (χ1v) is 9.03. The van der Waals surface area contributed by atoms with Gasteiger partial charge in [0.15, 0.2) is 0 Å². The van der Waals surface area contributed by atoms with E-state index in [1.807, 2.05) is 19.1 Å². The van der Waals surface area contributed by atoms with Crippen LogP contribution in [0.4, 0.5) is 5.69 Å². The van der Waals surface area contributed by atoms with Crippen LogP contribution in [0.2, 0.25) is 0 Å². The SMILES string of the molecule is CC1(N)CCCCC1C(=O)Nc1ccc(CN2CCOCC2)cc1.Cl.Cl. The zero-order chi connectivity index (χ0) is 17.0. The summed E-state index contributed by atoms with van der Waals surface area (Å²) in [5.41, 5.74) is 8.05. The van der Waals surface area contributed by atoms with Crippen LogP contribution in [0.5, 0.6) is 0 Å². The molecule has 2 unspecified atom stereocenters. The van der Waals surface area contributed by atoms with Crippen molar-refractivity contribution in [2.24, 2.45) is 11.7 Å². The molecule has 5 nitrogen and oxygen atoms in total. The Labute approximate surface area is 168 Å². The fraction of sp³-hybridized carbons (Fsp3) is 0.632. The van der Waals surface area contributed by atoms with Crippen molar-refractivity contribution in [3.05, 3.63) is 29.8 Å². The maximum Gasteiger partial charge on any atom is 0.229 e. The molecule has 2 fully saturated rings. The summed E-state index contributed by atoms with van der Waals surface area (Å²) < 4.78 is 5.38. The average molecular weight is 404 g/mol. The summed E-state index contributed by atoms with van der Waals surface area (Å²) in [6, 6.07) is 8.16. The van der Waals surface area contributed by atoms with E-state index in [2.05, 4.69) is 22.3 Å². The van der Waals surface area contributed by atoms with Crippen molar-refractivity contribution >= 4 is 36.4 Å². The Morgan fingerprint density at radius 3 is 2.50 bits per heavy atom. The molecule has 0 radical (unpaired) electrons. The van der Waals surface area contributed by atoms with Gasteiger partial charge in [-0.3, -0.25) is 9.69 Å². The molecule has 1 amide bonds. The van der Waals surface area contributed by atoms with Crippen molar-refractivity contribution in [2.45, 2.75) is 44.7 Å². The number of morpholine rings is 1. The number of ether oxygens (including phenoxy) is 1. The summed E-state index contributed by atoms with van der Waals surface area (Å²) in [6.07, 6.45) is 4.01. The van der Waals surface area contributed by atoms with Crippen molar-refractivity contribution in [2.75, 3.05) is 31.6 Å². The first kappa shape index (κ1) is 23.2. The smallest absolute Gasteiger partial charge is 0.229 e. The van der Waals surface area contributed by atoms with E-state index in [0.29, 0.717) is 0 Å². The number of nitrogens with two attached hydrogens (primary N) is 1. The maximum atomic E-state index is 12.6. The number of hydrogen-bond donors (Lipinski definition) is 2. The van der Waals surface area contributed by atoms with Crippen LogP contribution < -0.4 is 11.1 Å². The number of hydrogen-bond acceptors (Lipinski definition) is 4. The topological polar surface area (TPSA) is 67.6 Å². The van der Waals surface area contributed by atoms with Crippen LogP contribution in [0.15, 0.2) is 24.3 Å². The van der Waals surface area contributed by atoms with Gasteiger partial charge in [0.1, 0.15) is 0 Å². The van der Waals surface area contributed by atoms with Crippen LogP contribution in [0.3, 0.4) is 0 Å². The first-order chi connectivity index (χ1) is 11.5. The highest BCUT2D eigenvalue weighted by Crippen LogP contribution is 2.32. The van der Waals surface area contributed by atoms with Crippen molar-refractivity contribution in [1.82, 2.24) is 4.90 Å². The second kappa shape index (κ2) is 10.5. The number of anilines is 1. The number of nitrogens with one attached hydrogen (secondary N) is 1. The number of rotatable bonds is 4. The van der Waals surface area contributed by atoms with E-state index in [9.17, 15) is 4.79 Å². The van der Waals surface area contributed by atoms with Crippen molar-refractivity contribution in [3.63, 3.8) is 0 Å². The molecule has 3 rings (SSSR count). The number of halogens is 2. The summed E-state index contributed by atoms with van der Waals surface area (Å²) in [5.74, 6) is -0.0418. The monoisotopic (exact) mass is 403 g/mol. The Balaban J connectivity index is 0.00000169. The van der Waals surface area contributed by atoms with Crippen molar-refractivity contribution in [1.29, 1.82) is 0 Å². The molecule has 1 aliphatic carbocycles. The van der Waals surface area contributed by atoms with Gasteiger partial charge in [0.2, 0.25) is 5.91 Å². The molecular weight excluding hydrogens is 373 g/mol. The van der Waals surface area contributed by atoms with Gasteiger partial charge in [-0.1, -0.05) is 25.0 Å². The minimum Gasteiger partial charge on any atom is -0.379 e. The maximum absolute atomic E-state index is 12.6. The van der Waals surface area contributed by atoms with Gasteiger partial charge in [0.25, 0.3) is 0 Å². The predicted molar refractivity (Wildman–Crippen MR) is 110 cm³/mol. The molecule has 0 aromatic heterocycles. The summed E-state index contributed by atoms with van der Waals surface area (Å²) in [5, 5.41) is 3.05. The third kappa shape index (κ3) is 6.10. The lowest BCUT2D eigenvalue weighted by Gasteiger charge is -2.37. The molecule has 2 aliphatic rings. The van der Waals surface area contributed by atoms with Crippen LogP contribution in [-0.2, 0) is 16.1 Å². The van der Waals surface area contributed by atoms with Gasteiger partial charge in [0.05, 0.1) is 19.1 Å². The largest absolute Gasteiger partial charge is 0.379 e. The van der Waals surface area contributed by atoms with E-state index in [4.69, 9.17) is 10.5 Å².